The topological polar surface area (TPSA) is 12.4 Å². The maximum atomic E-state index is 4.62. The average molecular weight is 175 g/mol. The van der Waals surface area contributed by atoms with E-state index in [1.54, 1.807) is 0 Å². The normalized spacial score (nSPS) is 30.5. The molecule has 13 heavy (non-hydrogen) atoms. The molecule has 0 spiro atoms. The van der Waals surface area contributed by atoms with Gasteiger partial charge in [0.1, 0.15) is 0 Å². The molecule has 1 heterocycles. The Bertz CT molecular complexity index is 329. The van der Waals surface area contributed by atoms with Crippen molar-refractivity contribution in [3.05, 3.63) is 23.4 Å². The van der Waals surface area contributed by atoms with Crippen LogP contribution in [0.5, 0.6) is 0 Å². The van der Waals surface area contributed by atoms with Crippen molar-refractivity contribution < 1.29 is 0 Å². The predicted molar refractivity (Wildman–Crippen MR) is 56.8 cm³/mol. The van der Waals surface area contributed by atoms with E-state index in [0.717, 1.165) is 0 Å². The van der Waals surface area contributed by atoms with Crippen LogP contribution in [-0.2, 0) is 0 Å². The van der Waals surface area contributed by atoms with E-state index < -0.39 is 0 Å². The molecule has 1 unspecified atom stereocenters. The fourth-order valence-electron chi connectivity index (χ4n) is 2.39. The molecule has 0 radical (unpaired) electrons. The van der Waals surface area contributed by atoms with Crippen molar-refractivity contribution in [1.82, 2.24) is 0 Å². The standard InChI is InChI=1S/C12H17N/c1-8-6-5-7-10-11(8)12(3,4)9(2)13-10/h5,7-8H,6H2,1-4H3. The van der Waals surface area contributed by atoms with Crippen LogP contribution in [0.1, 0.15) is 34.1 Å². The molecule has 0 fully saturated rings. The van der Waals surface area contributed by atoms with Crippen molar-refractivity contribution in [2.24, 2.45) is 16.3 Å². The summed E-state index contributed by atoms with van der Waals surface area (Å²) >= 11 is 0. The molecule has 2 rings (SSSR count). The molecule has 0 bridgehead atoms. The molecule has 0 saturated heterocycles. The highest BCUT2D eigenvalue weighted by atomic mass is 14.8. The summed E-state index contributed by atoms with van der Waals surface area (Å²) < 4.78 is 0. The highest BCUT2D eigenvalue weighted by Gasteiger charge is 2.37. The van der Waals surface area contributed by atoms with E-state index in [2.05, 4.69) is 44.8 Å². The van der Waals surface area contributed by atoms with Gasteiger partial charge < -0.3 is 0 Å². The van der Waals surface area contributed by atoms with Gasteiger partial charge in [0.25, 0.3) is 0 Å². The Labute approximate surface area is 80.3 Å². The molecule has 1 heteroatoms. The van der Waals surface area contributed by atoms with Crippen LogP contribution in [0.3, 0.4) is 0 Å². The molecule has 2 aliphatic rings. The third kappa shape index (κ3) is 1.10. The maximum absolute atomic E-state index is 4.62. The van der Waals surface area contributed by atoms with Crippen LogP contribution in [0.15, 0.2) is 28.4 Å². The first kappa shape index (κ1) is 8.74. The molecule has 1 nitrogen and oxygen atoms in total. The van der Waals surface area contributed by atoms with Crippen molar-refractivity contribution in [3.8, 4) is 0 Å². The molecule has 0 saturated carbocycles. The van der Waals surface area contributed by atoms with Crippen molar-refractivity contribution in [2.45, 2.75) is 34.1 Å². The van der Waals surface area contributed by atoms with Crippen molar-refractivity contribution in [2.75, 3.05) is 0 Å². The van der Waals surface area contributed by atoms with Crippen LogP contribution in [0.25, 0.3) is 0 Å². The van der Waals surface area contributed by atoms with Gasteiger partial charge in [0.2, 0.25) is 0 Å². The Balaban J connectivity index is 2.51. The molecule has 1 aliphatic carbocycles. The summed E-state index contributed by atoms with van der Waals surface area (Å²) in [6.45, 7) is 9.00. The maximum Gasteiger partial charge on any atom is 0.0630 e. The molecule has 1 aliphatic heterocycles. The van der Waals surface area contributed by atoms with Gasteiger partial charge in [0.05, 0.1) is 5.70 Å². The van der Waals surface area contributed by atoms with E-state index >= 15 is 0 Å². The molecule has 0 N–H and O–H groups in total. The van der Waals surface area contributed by atoms with E-state index in [1.807, 2.05) is 0 Å². The van der Waals surface area contributed by atoms with Crippen LogP contribution >= 0.6 is 0 Å². The van der Waals surface area contributed by atoms with Gasteiger partial charge in [-0.3, -0.25) is 4.99 Å². The number of rotatable bonds is 0. The smallest absolute Gasteiger partial charge is 0.0630 e. The third-order valence-electron chi connectivity index (χ3n) is 3.40. The summed E-state index contributed by atoms with van der Waals surface area (Å²) in [5, 5.41) is 0. The fraction of sp³-hybridized carbons (Fsp3) is 0.583. The highest BCUT2D eigenvalue weighted by molar-refractivity contribution is 5.94. The first-order valence-electron chi connectivity index (χ1n) is 5.00. The zero-order valence-corrected chi connectivity index (χ0v) is 8.89. The van der Waals surface area contributed by atoms with Gasteiger partial charge in [-0.05, 0) is 30.9 Å². The number of hydrogen-bond acceptors (Lipinski definition) is 1. The van der Waals surface area contributed by atoms with Crippen molar-refractivity contribution in [1.29, 1.82) is 0 Å². The first-order chi connectivity index (χ1) is 6.03. The summed E-state index contributed by atoms with van der Waals surface area (Å²) in [6, 6.07) is 0. The molecule has 70 valence electrons. The van der Waals surface area contributed by atoms with Crippen molar-refractivity contribution >= 4 is 5.71 Å². The number of allylic oxidation sites excluding steroid dienone is 3. The molecular formula is C12H17N. The second kappa shape index (κ2) is 2.57. The predicted octanol–water partition coefficient (Wildman–Crippen LogP) is 3.34. The number of aliphatic imine (C=N–C) groups is 1. The average Bonchev–Trinajstić information content (AvgIpc) is 2.24. The van der Waals surface area contributed by atoms with E-state index in [1.165, 1.54) is 23.4 Å². The minimum absolute atomic E-state index is 0.194. The lowest BCUT2D eigenvalue weighted by molar-refractivity contribution is 0.518. The Kier molecular flexibility index (Phi) is 1.73. The molecule has 0 aromatic heterocycles. The van der Waals surface area contributed by atoms with Gasteiger partial charge in [-0.25, -0.2) is 0 Å². The Hall–Kier alpha value is -0.850. The van der Waals surface area contributed by atoms with Crippen LogP contribution in [-0.4, -0.2) is 5.71 Å². The molecule has 0 aromatic carbocycles. The van der Waals surface area contributed by atoms with Crippen LogP contribution in [0, 0.1) is 11.3 Å². The Morgan fingerprint density at radius 3 is 2.77 bits per heavy atom. The SMILES string of the molecule is CC1=NC2=C(C(C)CC=C2)C1(C)C. The summed E-state index contributed by atoms with van der Waals surface area (Å²) in [5.74, 6) is 0.663. The first-order valence-corrected chi connectivity index (χ1v) is 5.00. The summed E-state index contributed by atoms with van der Waals surface area (Å²) in [5.41, 5.74) is 4.21. The lowest BCUT2D eigenvalue weighted by Crippen LogP contribution is -2.24. The van der Waals surface area contributed by atoms with Crippen LogP contribution < -0.4 is 0 Å². The zero-order chi connectivity index (χ0) is 9.64. The lowest BCUT2D eigenvalue weighted by Gasteiger charge is -2.29. The minimum Gasteiger partial charge on any atom is -0.257 e. The molecular weight excluding hydrogens is 158 g/mol. The van der Waals surface area contributed by atoms with Crippen molar-refractivity contribution in [3.63, 3.8) is 0 Å². The zero-order valence-electron chi connectivity index (χ0n) is 8.89. The lowest BCUT2D eigenvalue weighted by atomic mass is 9.73. The second-order valence-corrected chi connectivity index (χ2v) is 4.66. The van der Waals surface area contributed by atoms with E-state index in [-0.39, 0.29) is 5.41 Å². The Morgan fingerprint density at radius 2 is 2.15 bits per heavy atom. The van der Waals surface area contributed by atoms with Gasteiger partial charge in [-0.1, -0.05) is 26.8 Å². The quantitative estimate of drug-likeness (QED) is 0.535. The summed E-state index contributed by atoms with van der Waals surface area (Å²) in [4.78, 5) is 4.62. The molecule has 1 atom stereocenters. The summed E-state index contributed by atoms with van der Waals surface area (Å²) in [6.07, 6.45) is 5.58. The largest absolute Gasteiger partial charge is 0.257 e. The van der Waals surface area contributed by atoms with Gasteiger partial charge in [0.15, 0.2) is 0 Å². The molecule has 0 amide bonds. The van der Waals surface area contributed by atoms with Crippen LogP contribution in [0.2, 0.25) is 0 Å². The number of nitrogens with zero attached hydrogens (tertiary/aromatic N) is 1. The van der Waals surface area contributed by atoms with Crippen LogP contribution in [0.4, 0.5) is 0 Å². The van der Waals surface area contributed by atoms with Gasteiger partial charge in [-0.15, -0.1) is 0 Å². The second-order valence-electron chi connectivity index (χ2n) is 4.66. The third-order valence-corrected chi connectivity index (χ3v) is 3.40. The van der Waals surface area contributed by atoms with E-state index in [0.29, 0.717) is 5.92 Å². The van der Waals surface area contributed by atoms with Gasteiger partial charge in [-0.2, -0.15) is 0 Å². The van der Waals surface area contributed by atoms with E-state index in [4.69, 9.17) is 0 Å². The van der Waals surface area contributed by atoms with Gasteiger partial charge >= 0.3 is 0 Å². The minimum atomic E-state index is 0.194. The van der Waals surface area contributed by atoms with E-state index in [9.17, 15) is 0 Å². The summed E-state index contributed by atoms with van der Waals surface area (Å²) in [7, 11) is 0. The monoisotopic (exact) mass is 175 g/mol. The number of hydrogen-bond donors (Lipinski definition) is 0. The highest BCUT2D eigenvalue weighted by Crippen LogP contribution is 2.44. The molecule has 0 aromatic rings. The van der Waals surface area contributed by atoms with Gasteiger partial charge in [0, 0.05) is 11.1 Å². The Morgan fingerprint density at radius 1 is 1.46 bits per heavy atom. The fourth-order valence-corrected chi connectivity index (χ4v) is 2.39.